The lowest BCUT2D eigenvalue weighted by molar-refractivity contribution is -0.857. The van der Waals surface area contributed by atoms with Crippen LogP contribution in [0.25, 0.3) is 11.0 Å². The fraction of sp³-hybridized carbons (Fsp3) is 0.238. The molecular formula is C21H19ClFN2O3+. The van der Waals surface area contributed by atoms with Gasteiger partial charge in [0.2, 0.25) is 5.76 Å². The van der Waals surface area contributed by atoms with Crippen LogP contribution >= 0.6 is 11.6 Å². The van der Waals surface area contributed by atoms with Crippen LogP contribution in [0.15, 0.2) is 51.7 Å². The van der Waals surface area contributed by atoms with Gasteiger partial charge in [-0.1, -0.05) is 23.7 Å². The van der Waals surface area contributed by atoms with Gasteiger partial charge in [-0.2, -0.15) is 0 Å². The van der Waals surface area contributed by atoms with Crippen LogP contribution in [0, 0.1) is 5.82 Å². The van der Waals surface area contributed by atoms with Gasteiger partial charge in [0.05, 0.1) is 44.2 Å². The molecule has 0 radical (unpaired) electrons. The number of hydrogen-bond donors (Lipinski definition) is 1. The summed E-state index contributed by atoms with van der Waals surface area (Å²) in [5.41, 5.74) is 0.824. The second kappa shape index (κ2) is 7.04. The van der Waals surface area contributed by atoms with E-state index in [1.165, 1.54) is 17.0 Å². The number of carbonyl (C=O) groups is 1. The minimum Gasteiger partial charge on any atom is -0.450 e. The largest absolute Gasteiger partial charge is 0.450 e. The van der Waals surface area contributed by atoms with Crippen LogP contribution in [0.5, 0.6) is 0 Å². The maximum absolute atomic E-state index is 13.7. The summed E-state index contributed by atoms with van der Waals surface area (Å²) >= 11 is 6.01. The van der Waals surface area contributed by atoms with Crippen molar-refractivity contribution in [1.82, 2.24) is 4.90 Å². The molecule has 1 aromatic heterocycles. The van der Waals surface area contributed by atoms with E-state index in [-0.39, 0.29) is 33.6 Å². The summed E-state index contributed by atoms with van der Waals surface area (Å²) in [4.78, 5) is 29.1. The molecule has 1 aliphatic rings. The predicted molar refractivity (Wildman–Crippen MR) is 104 cm³/mol. The molecule has 7 heteroatoms. The first-order valence-corrected chi connectivity index (χ1v) is 9.36. The van der Waals surface area contributed by atoms with E-state index in [4.69, 9.17) is 16.0 Å². The lowest BCUT2D eigenvalue weighted by Crippen LogP contribution is -3.06. The smallest absolute Gasteiger partial charge is 0.291 e. The highest BCUT2D eigenvalue weighted by Gasteiger charge is 2.42. The Balaban J connectivity index is 1.94. The highest BCUT2D eigenvalue weighted by molar-refractivity contribution is 6.30. The molecule has 0 saturated carbocycles. The van der Waals surface area contributed by atoms with E-state index in [0.29, 0.717) is 18.1 Å². The second-order valence-corrected chi connectivity index (χ2v) is 7.66. The molecule has 4 rings (SSSR count). The molecule has 0 aliphatic carbocycles. The number of nitrogens with zero attached hydrogens (tertiary/aromatic N) is 1. The van der Waals surface area contributed by atoms with Crippen LogP contribution in [0.4, 0.5) is 4.39 Å². The van der Waals surface area contributed by atoms with Gasteiger partial charge in [-0.05, 0) is 35.9 Å². The molecule has 5 nitrogen and oxygen atoms in total. The molecule has 1 N–H and O–H groups in total. The van der Waals surface area contributed by atoms with E-state index in [1.807, 2.05) is 14.1 Å². The standard InChI is InChI=1S/C21H18ClFN2O3/c1-24(2)9-10-25-18(12-3-5-13(22)6-4-12)17-19(26)15-11-14(23)7-8-16(15)28-20(17)21(25)27/h3-8,11,18H,9-10H2,1-2H3/p+1/t18-/m0/s1. The van der Waals surface area contributed by atoms with E-state index < -0.39 is 11.9 Å². The molecule has 0 saturated heterocycles. The molecule has 28 heavy (non-hydrogen) atoms. The SMILES string of the molecule is C[NH+](C)CCN1C(=O)c2oc3ccc(F)cc3c(=O)c2[C@@H]1c1ccc(Cl)cc1. The molecule has 0 spiro atoms. The fourth-order valence-electron chi connectivity index (χ4n) is 3.56. The van der Waals surface area contributed by atoms with Gasteiger partial charge >= 0.3 is 0 Å². The van der Waals surface area contributed by atoms with E-state index in [2.05, 4.69) is 0 Å². The third-order valence-corrected chi connectivity index (χ3v) is 5.22. The van der Waals surface area contributed by atoms with Crippen molar-refractivity contribution < 1.29 is 18.5 Å². The van der Waals surface area contributed by atoms with E-state index >= 15 is 0 Å². The van der Waals surface area contributed by atoms with E-state index in [0.717, 1.165) is 11.6 Å². The summed E-state index contributed by atoms with van der Waals surface area (Å²) in [6, 6.07) is 10.2. The number of amides is 1. The predicted octanol–water partition coefficient (Wildman–Crippen LogP) is 2.28. The molecule has 1 aliphatic heterocycles. The van der Waals surface area contributed by atoms with Gasteiger partial charge in [-0.15, -0.1) is 0 Å². The molecule has 0 bridgehead atoms. The number of rotatable bonds is 4. The Kier molecular flexibility index (Phi) is 4.69. The molecule has 0 fully saturated rings. The summed E-state index contributed by atoms with van der Waals surface area (Å²) in [5, 5.41) is 0.691. The molecular weight excluding hydrogens is 383 g/mol. The molecule has 144 valence electrons. The van der Waals surface area contributed by atoms with Crippen LogP contribution in [0.3, 0.4) is 0 Å². The maximum Gasteiger partial charge on any atom is 0.291 e. The van der Waals surface area contributed by atoms with Crippen molar-refractivity contribution >= 4 is 28.5 Å². The van der Waals surface area contributed by atoms with Gasteiger partial charge in [-0.3, -0.25) is 9.59 Å². The van der Waals surface area contributed by atoms with Crippen LogP contribution in [0.2, 0.25) is 5.02 Å². The van der Waals surface area contributed by atoms with E-state index in [9.17, 15) is 14.0 Å². The zero-order valence-electron chi connectivity index (χ0n) is 15.5. The maximum atomic E-state index is 13.7. The lowest BCUT2D eigenvalue weighted by Gasteiger charge is -2.25. The zero-order chi connectivity index (χ0) is 20.0. The normalized spacial score (nSPS) is 16.2. The minimum atomic E-state index is -0.594. The first-order valence-electron chi connectivity index (χ1n) is 8.98. The molecule has 0 unspecified atom stereocenters. The van der Waals surface area contributed by atoms with Crippen LogP contribution in [0.1, 0.15) is 27.7 Å². The van der Waals surface area contributed by atoms with Crippen LogP contribution in [-0.2, 0) is 0 Å². The Hall–Kier alpha value is -2.70. The Labute approximate surface area is 165 Å². The van der Waals surface area contributed by atoms with Crippen molar-refractivity contribution in [3.05, 3.63) is 80.4 Å². The van der Waals surface area contributed by atoms with Crippen LogP contribution < -0.4 is 10.3 Å². The third kappa shape index (κ3) is 3.08. The van der Waals surface area contributed by atoms with Gasteiger partial charge in [0.1, 0.15) is 11.4 Å². The quantitative estimate of drug-likeness (QED) is 0.729. The summed E-state index contributed by atoms with van der Waals surface area (Å²) in [6.45, 7) is 1.15. The molecule has 3 aromatic rings. The highest BCUT2D eigenvalue weighted by Crippen LogP contribution is 2.38. The lowest BCUT2D eigenvalue weighted by atomic mass is 9.98. The Bertz CT molecular complexity index is 1120. The van der Waals surface area contributed by atoms with Gasteiger partial charge in [-0.25, -0.2) is 4.39 Å². The number of likely N-dealkylation sites (N-methyl/N-ethyl adjacent to an activating group) is 1. The summed E-state index contributed by atoms with van der Waals surface area (Å²) in [7, 11) is 3.98. The van der Waals surface area contributed by atoms with Gasteiger partial charge in [0, 0.05) is 5.02 Å². The van der Waals surface area contributed by atoms with Crippen molar-refractivity contribution in [3.8, 4) is 0 Å². The number of nitrogens with one attached hydrogen (secondary N) is 1. The van der Waals surface area contributed by atoms with Gasteiger partial charge in [0.25, 0.3) is 5.91 Å². The average Bonchev–Trinajstić information content (AvgIpc) is 2.94. The summed E-state index contributed by atoms with van der Waals surface area (Å²) in [5.74, 6) is -0.836. The summed E-state index contributed by atoms with van der Waals surface area (Å²) < 4.78 is 19.5. The van der Waals surface area contributed by atoms with Crippen LogP contribution in [-0.4, -0.2) is 38.0 Å². The first kappa shape index (κ1) is 18.7. The number of quaternary nitrogens is 1. The van der Waals surface area contributed by atoms with Crippen molar-refractivity contribution in [2.24, 2.45) is 0 Å². The van der Waals surface area contributed by atoms with Crippen molar-refractivity contribution in [1.29, 1.82) is 0 Å². The minimum absolute atomic E-state index is 0.0258. The van der Waals surface area contributed by atoms with Crippen molar-refractivity contribution in [2.45, 2.75) is 6.04 Å². The van der Waals surface area contributed by atoms with Gasteiger partial charge in [0.15, 0.2) is 5.43 Å². The highest BCUT2D eigenvalue weighted by atomic mass is 35.5. The number of fused-ring (bicyclic) bond motifs is 2. The van der Waals surface area contributed by atoms with Crippen molar-refractivity contribution in [2.75, 3.05) is 27.2 Å². The Morgan fingerprint density at radius 1 is 1.14 bits per heavy atom. The monoisotopic (exact) mass is 401 g/mol. The zero-order valence-corrected chi connectivity index (χ0v) is 16.2. The molecule has 2 aromatic carbocycles. The van der Waals surface area contributed by atoms with Gasteiger partial charge < -0.3 is 14.2 Å². The first-order chi connectivity index (χ1) is 13.4. The fourth-order valence-corrected chi connectivity index (χ4v) is 3.68. The Morgan fingerprint density at radius 2 is 1.86 bits per heavy atom. The van der Waals surface area contributed by atoms with E-state index in [1.54, 1.807) is 29.2 Å². The van der Waals surface area contributed by atoms with Crippen molar-refractivity contribution in [3.63, 3.8) is 0 Å². The number of hydrogen-bond acceptors (Lipinski definition) is 3. The number of carbonyl (C=O) groups excluding carboxylic acids is 1. The second-order valence-electron chi connectivity index (χ2n) is 7.22. The third-order valence-electron chi connectivity index (χ3n) is 4.97. The molecule has 2 heterocycles. The topological polar surface area (TPSA) is 55.0 Å². The number of benzene rings is 2. The summed E-state index contributed by atoms with van der Waals surface area (Å²) in [6.07, 6.45) is 0. The number of halogens is 2. The molecule has 1 atom stereocenters. The molecule has 1 amide bonds. The Morgan fingerprint density at radius 3 is 2.54 bits per heavy atom. The average molecular weight is 402 g/mol.